The maximum atomic E-state index is 12.3. The molecule has 0 radical (unpaired) electrons. The molecule has 0 saturated heterocycles. The van der Waals surface area contributed by atoms with E-state index in [0.29, 0.717) is 6.42 Å². The van der Waals surface area contributed by atoms with Gasteiger partial charge in [-0.25, -0.2) is 14.4 Å². The third-order valence-corrected chi connectivity index (χ3v) is 4.30. The van der Waals surface area contributed by atoms with Gasteiger partial charge in [-0.15, -0.1) is 0 Å². The van der Waals surface area contributed by atoms with Crippen molar-refractivity contribution in [3.63, 3.8) is 0 Å². The Balaban J connectivity index is 1.84. The maximum absolute atomic E-state index is 12.3. The average Bonchev–Trinajstić information content (AvgIpc) is 2.81. The zero-order chi connectivity index (χ0) is 24.1. The number of hydrogen-bond acceptors (Lipinski definition) is 7. The Labute approximate surface area is 192 Å². The number of anilines is 1. The molecule has 0 unspecified atom stereocenters. The van der Waals surface area contributed by atoms with Crippen LogP contribution in [0.25, 0.3) is 0 Å². The molecule has 2 aromatic rings. The van der Waals surface area contributed by atoms with Gasteiger partial charge in [0.05, 0.1) is 24.3 Å². The normalized spacial score (nSPS) is 10.1. The summed E-state index contributed by atoms with van der Waals surface area (Å²) in [5, 5.41) is 5.24. The van der Waals surface area contributed by atoms with Crippen molar-refractivity contribution >= 4 is 29.6 Å². The number of alkyl carbamates (subject to hydrolysis) is 1. The van der Waals surface area contributed by atoms with E-state index in [4.69, 9.17) is 14.2 Å². The van der Waals surface area contributed by atoms with Crippen molar-refractivity contribution in [2.75, 3.05) is 25.1 Å². The van der Waals surface area contributed by atoms with Gasteiger partial charge in [0.15, 0.2) is 0 Å². The quantitative estimate of drug-likeness (QED) is 0.301. The summed E-state index contributed by atoms with van der Waals surface area (Å²) in [6.07, 6.45) is -0.0909. The first kappa shape index (κ1) is 25.4. The van der Waals surface area contributed by atoms with Crippen LogP contribution in [0.3, 0.4) is 0 Å². The van der Waals surface area contributed by atoms with Crippen molar-refractivity contribution in [3.8, 4) is 0 Å². The second-order valence-corrected chi connectivity index (χ2v) is 6.88. The highest BCUT2D eigenvalue weighted by Gasteiger charge is 2.16. The fraction of sp³-hybridized carbons (Fsp3) is 0.333. The third kappa shape index (κ3) is 9.02. The lowest BCUT2D eigenvalue weighted by Gasteiger charge is -2.11. The molecule has 0 heterocycles. The summed E-state index contributed by atoms with van der Waals surface area (Å²) >= 11 is 0. The van der Waals surface area contributed by atoms with Crippen molar-refractivity contribution in [1.29, 1.82) is 0 Å². The molecule has 0 saturated carbocycles. The van der Waals surface area contributed by atoms with Crippen LogP contribution in [0.5, 0.6) is 0 Å². The molecule has 9 heteroatoms. The second-order valence-electron chi connectivity index (χ2n) is 6.88. The van der Waals surface area contributed by atoms with E-state index < -0.39 is 18.0 Å². The van der Waals surface area contributed by atoms with Crippen LogP contribution in [0.15, 0.2) is 48.5 Å². The van der Waals surface area contributed by atoms with Crippen LogP contribution >= 0.6 is 0 Å². The van der Waals surface area contributed by atoms with Crippen molar-refractivity contribution < 1.29 is 33.4 Å². The van der Waals surface area contributed by atoms with Gasteiger partial charge in [-0.2, -0.15) is 0 Å². The van der Waals surface area contributed by atoms with Gasteiger partial charge in [0.2, 0.25) is 5.91 Å². The number of ether oxygens (including phenoxy) is 3. The van der Waals surface area contributed by atoms with Crippen LogP contribution in [0.2, 0.25) is 0 Å². The van der Waals surface area contributed by atoms with Crippen LogP contribution < -0.4 is 10.6 Å². The van der Waals surface area contributed by atoms with Gasteiger partial charge in [0.25, 0.3) is 0 Å². The second kappa shape index (κ2) is 13.5. The Kier molecular flexibility index (Phi) is 10.4. The molecule has 2 rings (SSSR count). The molecular weight excluding hydrogens is 428 g/mol. The van der Waals surface area contributed by atoms with E-state index in [-0.39, 0.29) is 55.5 Å². The van der Waals surface area contributed by atoms with E-state index in [1.165, 1.54) is 18.2 Å². The third-order valence-electron chi connectivity index (χ3n) is 4.30. The topological polar surface area (TPSA) is 120 Å². The highest BCUT2D eigenvalue weighted by Crippen LogP contribution is 2.18. The average molecular weight is 456 g/mol. The first-order chi connectivity index (χ1) is 15.9. The van der Waals surface area contributed by atoms with E-state index >= 15 is 0 Å². The van der Waals surface area contributed by atoms with Gasteiger partial charge in [0.1, 0.15) is 6.61 Å². The van der Waals surface area contributed by atoms with Crippen molar-refractivity contribution in [3.05, 3.63) is 65.2 Å². The Morgan fingerprint density at radius 2 is 1.42 bits per heavy atom. The molecule has 0 aliphatic heterocycles. The van der Waals surface area contributed by atoms with Crippen molar-refractivity contribution in [1.82, 2.24) is 5.32 Å². The van der Waals surface area contributed by atoms with E-state index in [2.05, 4.69) is 10.6 Å². The Hall–Kier alpha value is -3.88. The predicted octanol–water partition coefficient (Wildman–Crippen LogP) is 3.69. The molecule has 0 aliphatic carbocycles. The van der Waals surface area contributed by atoms with Crippen LogP contribution in [0.4, 0.5) is 10.5 Å². The van der Waals surface area contributed by atoms with Gasteiger partial charge in [-0.1, -0.05) is 30.3 Å². The van der Waals surface area contributed by atoms with Crippen LogP contribution in [-0.2, 0) is 25.6 Å². The van der Waals surface area contributed by atoms with Crippen LogP contribution in [-0.4, -0.2) is 43.7 Å². The van der Waals surface area contributed by atoms with Crippen molar-refractivity contribution in [2.24, 2.45) is 0 Å². The van der Waals surface area contributed by atoms with E-state index in [9.17, 15) is 19.2 Å². The number of carbonyl (C=O) groups is 4. The zero-order valence-electron chi connectivity index (χ0n) is 18.7. The summed E-state index contributed by atoms with van der Waals surface area (Å²) < 4.78 is 15.1. The minimum absolute atomic E-state index is 0.108. The monoisotopic (exact) mass is 456 g/mol. The highest BCUT2D eigenvalue weighted by atomic mass is 16.5. The number of amides is 2. The van der Waals surface area contributed by atoms with Gasteiger partial charge in [0, 0.05) is 18.7 Å². The van der Waals surface area contributed by atoms with Gasteiger partial charge >= 0.3 is 18.0 Å². The minimum Gasteiger partial charge on any atom is -0.462 e. The smallest absolute Gasteiger partial charge is 0.407 e. The summed E-state index contributed by atoms with van der Waals surface area (Å²) in [6, 6.07) is 13.5. The van der Waals surface area contributed by atoms with Gasteiger partial charge in [-0.3, -0.25) is 4.79 Å². The Morgan fingerprint density at radius 3 is 2.00 bits per heavy atom. The summed E-state index contributed by atoms with van der Waals surface area (Å²) in [7, 11) is 0. The summed E-state index contributed by atoms with van der Waals surface area (Å²) in [4.78, 5) is 48.2. The standard InChI is InChI=1S/C24H28N2O7/c1-3-31-22(28)18-13-19(23(29)32-4-2)15-20(14-18)26-21(27)11-8-12-25-24(30)33-16-17-9-6-5-7-10-17/h5-7,9-10,13-15H,3-4,8,11-12,16H2,1-2H3,(H,25,30)(H,26,27). The van der Waals surface area contributed by atoms with Crippen molar-refractivity contribution in [2.45, 2.75) is 33.3 Å². The van der Waals surface area contributed by atoms with E-state index in [1.807, 2.05) is 30.3 Å². The Morgan fingerprint density at radius 1 is 0.818 bits per heavy atom. The molecule has 0 aromatic heterocycles. The summed E-state index contributed by atoms with van der Waals surface area (Å²) in [5.41, 5.74) is 1.39. The van der Waals surface area contributed by atoms with Gasteiger partial charge < -0.3 is 24.8 Å². The first-order valence-corrected chi connectivity index (χ1v) is 10.7. The highest BCUT2D eigenvalue weighted by molar-refractivity contribution is 5.99. The molecule has 2 N–H and O–H groups in total. The fourth-order valence-electron chi connectivity index (χ4n) is 2.80. The molecule has 2 amide bonds. The number of rotatable bonds is 11. The lowest BCUT2D eigenvalue weighted by atomic mass is 10.1. The summed E-state index contributed by atoms with van der Waals surface area (Å²) in [6.45, 7) is 4.09. The molecule has 0 atom stereocenters. The SMILES string of the molecule is CCOC(=O)c1cc(NC(=O)CCCNC(=O)OCc2ccccc2)cc(C(=O)OCC)c1. The Bertz CT molecular complexity index is 924. The molecule has 9 nitrogen and oxygen atoms in total. The van der Waals surface area contributed by atoms with E-state index in [0.717, 1.165) is 5.56 Å². The van der Waals surface area contributed by atoms with Crippen LogP contribution in [0.1, 0.15) is 53.0 Å². The molecule has 2 aromatic carbocycles. The fourth-order valence-corrected chi connectivity index (χ4v) is 2.80. The molecule has 0 bridgehead atoms. The van der Waals surface area contributed by atoms with Gasteiger partial charge in [-0.05, 0) is 44.0 Å². The number of hydrogen-bond donors (Lipinski definition) is 2. The lowest BCUT2D eigenvalue weighted by molar-refractivity contribution is -0.116. The molecular formula is C24H28N2O7. The number of benzene rings is 2. The number of esters is 2. The first-order valence-electron chi connectivity index (χ1n) is 10.7. The minimum atomic E-state index is -0.614. The lowest BCUT2D eigenvalue weighted by Crippen LogP contribution is -2.26. The number of nitrogens with one attached hydrogen (secondary N) is 2. The molecule has 0 fully saturated rings. The number of carbonyl (C=O) groups excluding carboxylic acids is 4. The molecule has 176 valence electrons. The van der Waals surface area contributed by atoms with Crippen LogP contribution in [0, 0.1) is 0 Å². The predicted molar refractivity (Wildman–Crippen MR) is 121 cm³/mol. The van der Waals surface area contributed by atoms with E-state index in [1.54, 1.807) is 13.8 Å². The molecule has 33 heavy (non-hydrogen) atoms. The summed E-state index contributed by atoms with van der Waals surface area (Å²) in [5.74, 6) is -1.57. The largest absolute Gasteiger partial charge is 0.462 e. The molecule has 0 spiro atoms. The molecule has 0 aliphatic rings. The maximum Gasteiger partial charge on any atom is 0.407 e. The zero-order valence-corrected chi connectivity index (χ0v) is 18.7.